The molecule has 3 aromatic rings. The molecule has 30 heavy (non-hydrogen) atoms. The van der Waals surface area contributed by atoms with Crippen LogP contribution >= 0.6 is 0 Å². The minimum atomic E-state index is -0.277. The summed E-state index contributed by atoms with van der Waals surface area (Å²) < 4.78 is 10.9. The number of rotatable bonds is 9. The zero-order valence-electron chi connectivity index (χ0n) is 16.6. The Morgan fingerprint density at radius 2 is 1.73 bits per heavy atom. The molecule has 7 heteroatoms. The number of carbonyl (C=O) groups excluding carboxylic acids is 2. The molecular formula is C23H23N3O4. The van der Waals surface area contributed by atoms with Gasteiger partial charge in [0.2, 0.25) is 0 Å². The highest BCUT2D eigenvalue weighted by molar-refractivity contribution is 5.94. The van der Waals surface area contributed by atoms with E-state index < -0.39 is 0 Å². The van der Waals surface area contributed by atoms with E-state index in [1.54, 1.807) is 54.7 Å². The fourth-order valence-electron chi connectivity index (χ4n) is 2.69. The van der Waals surface area contributed by atoms with Crippen LogP contribution in [0.1, 0.15) is 22.8 Å². The Morgan fingerprint density at radius 3 is 2.43 bits per heavy atom. The number of pyridine rings is 1. The van der Waals surface area contributed by atoms with Crippen molar-refractivity contribution >= 4 is 17.5 Å². The molecule has 0 bridgehead atoms. The van der Waals surface area contributed by atoms with Crippen molar-refractivity contribution in [2.45, 2.75) is 13.5 Å². The van der Waals surface area contributed by atoms with Gasteiger partial charge in [-0.05, 0) is 61.0 Å². The van der Waals surface area contributed by atoms with Crippen molar-refractivity contribution < 1.29 is 19.1 Å². The summed E-state index contributed by atoms with van der Waals surface area (Å²) in [5, 5.41) is 5.62. The maximum atomic E-state index is 12.2. The van der Waals surface area contributed by atoms with E-state index in [-0.39, 0.29) is 18.4 Å². The van der Waals surface area contributed by atoms with Gasteiger partial charge in [-0.15, -0.1) is 0 Å². The van der Waals surface area contributed by atoms with Gasteiger partial charge in [-0.2, -0.15) is 0 Å². The Kier molecular flexibility index (Phi) is 7.38. The van der Waals surface area contributed by atoms with Crippen LogP contribution < -0.4 is 20.1 Å². The maximum Gasteiger partial charge on any atom is 0.262 e. The van der Waals surface area contributed by atoms with Crippen molar-refractivity contribution in [1.82, 2.24) is 10.3 Å². The first-order chi connectivity index (χ1) is 14.6. The molecule has 0 radical (unpaired) electrons. The van der Waals surface area contributed by atoms with E-state index in [2.05, 4.69) is 15.6 Å². The number of nitrogens with one attached hydrogen (secondary N) is 2. The zero-order valence-corrected chi connectivity index (χ0v) is 16.6. The second-order valence-corrected chi connectivity index (χ2v) is 6.37. The highest BCUT2D eigenvalue weighted by Gasteiger charge is 2.07. The Labute approximate surface area is 175 Å². The Hall–Kier alpha value is -3.87. The molecule has 0 aliphatic rings. The lowest BCUT2D eigenvalue weighted by atomic mass is 10.2. The molecule has 7 nitrogen and oxygen atoms in total. The van der Waals surface area contributed by atoms with Crippen LogP contribution in [-0.2, 0) is 11.3 Å². The molecule has 2 aromatic carbocycles. The number of hydrogen-bond donors (Lipinski definition) is 2. The summed E-state index contributed by atoms with van der Waals surface area (Å²) in [6.45, 7) is 2.73. The monoisotopic (exact) mass is 405 g/mol. The lowest BCUT2D eigenvalue weighted by Gasteiger charge is -2.10. The summed E-state index contributed by atoms with van der Waals surface area (Å²) in [6.07, 6.45) is 3.12. The summed E-state index contributed by atoms with van der Waals surface area (Å²) in [5.74, 6) is 0.851. The molecule has 3 rings (SSSR count). The van der Waals surface area contributed by atoms with Crippen molar-refractivity contribution in [1.29, 1.82) is 0 Å². The van der Waals surface area contributed by atoms with Crippen LogP contribution in [-0.4, -0.2) is 30.0 Å². The molecule has 0 aliphatic heterocycles. The lowest BCUT2D eigenvalue weighted by Crippen LogP contribution is -2.23. The summed E-state index contributed by atoms with van der Waals surface area (Å²) in [4.78, 5) is 28.2. The number of nitrogens with zero attached hydrogens (tertiary/aromatic N) is 1. The predicted octanol–water partition coefficient (Wildman–Crippen LogP) is 3.43. The van der Waals surface area contributed by atoms with Gasteiger partial charge >= 0.3 is 0 Å². The first kappa shape index (κ1) is 20.9. The summed E-state index contributed by atoms with van der Waals surface area (Å²) in [7, 11) is 0. The van der Waals surface area contributed by atoms with Crippen LogP contribution in [0, 0.1) is 0 Å². The summed E-state index contributed by atoms with van der Waals surface area (Å²) >= 11 is 0. The molecule has 1 heterocycles. The van der Waals surface area contributed by atoms with E-state index in [1.165, 1.54) is 6.20 Å². The molecule has 1 aromatic heterocycles. The normalized spacial score (nSPS) is 10.2. The van der Waals surface area contributed by atoms with Crippen molar-refractivity contribution in [2.75, 3.05) is 18.5 Å². The SMILES string of the molecule is CCOc1ccc(OCC(=O)Nc2cccc(CNC(=O)c3cccnc3)c2)cc1. The molecule has 154 valence electrons. The molecular weight excluding hydrogens is 382 g/mol. The van der Waals surface area contributed by atoms with Crippen LogP contribution in [0.3, 0.4) is 0 Å². The fraction of sp³-hybridized carbons (Fsp3) is 0.174. The topological polar surface area (TPSA) is 89.5 Å². The van der Waals surface area contributed by atoms with Crippen molar-refractivity contribution in [3.8, 4) is 11.5 Å². The summed E-state index contributed by atoms with van der Waals surface area (Å²) in [6, 6.07) is 17.8. The molecule has 0 aliphatic carbocycles. The van der Waals surface area contributed by atoms with Crippen LogP contribution in [0.15, 0.2) is 73.1 Å². The van der Waals surface area contributed by atoms with E-state index in [0.29, 0.717) is 30.2 Å². The molecule has 0 saturated heterocycles. The Bertz CT molecular complexity index is 975. The van der Waals surface area contributed by atoms with Crippen LogP contribution in [0.5, 0.6) is 11.5 Å². The second kappa shape index (κ2) is 10.6. The van der Waals surface area contributed by atoms with Gasteiger partial charge in [0.05, 0.1) is 12.2 Å². The molecule has 0 fully saturated rings. The molecule has 0 spiro atoms. The van der Waals surface area contributed by atoms with Gasteiger partial charge in [0.15, 0.2) is 6.61 Å². The standard InChI is InChI=1S/C23H23N3O4/c1-2-29-20-8-10-21(11-9-20)30-16-22(27)26-19-7-3-5-17(13-19)14-25-23(28)18-6-4-12-24-15-18/h3-13,15H,2,14,16H2,1H3,(H,25,28)(H,26,27). The lowest BCUT2D eigenvalue weighted by molar-refractivity contribution is -0.118. The van der Waals surface area contributed by atoms with Gasteiger partial charge in [0.1, 0.15) is 11.5 Å². The van der Waals surface area contributed by atoms with E-state index >= 15 is 0 Å². The number of anilines is 1. The zero-order chi connectivity index (χ0) is 21.2. The number of carbonyl (C=O) groups is 2. The number of amides is 2. The Balaban J connectivity index is 1.48. The summed E-state index contributed by atoms with van der Waals surface area (Å²) in [5.41, 5.74) is 1.98. The van der Waals surface area contributed by atoms with Gasteiger partial charge in [-0.25, -0.2) is 0 Å². The average molecular weight is 405 g/mol. The molecule has 0 atom stereocenters. The van der Waals surface area contributed by atoms with Crippen molar-refractivity contribution in [3.63, 3.8) is 0 Å². The van der Waals surface area contributed by atoms with Gasteiger partial charge < -0.3 is 20.1 Å². The first-order valence-corrected chi connectivity index (χ1v) is 9.56. The third kappa shape index (κ3) is 6.34. The van der Waals surface area contributed by atoms with Crippen LogP contribution in [0.2, 0.25) is 0 Å². The minimum absolute atomic E-state index is 0.115. The quantitative estimate of drug-likeness (QED) is 0.569. The largest absolute Gasteiger partial charge is 0.494 e. The third-order valence-corrected chi connectivity index (χ3v) is 4.09. The Morgan fingerprint density at radius 1 is 0.967 bits per heavy atom. The smallest absolute Gasteiger partial charge is 0.262 e. The molecule has 2 amide bonds. The number of aromatic nitrogens is 1. The number of hydrogen-bond acceptors (Lipinski definition) is 5. The first-order valence-electron chi connectivity index (χ1n) is 9.56. The van der Waals surface area contributed by atoms with E-state index in [4.69, 9.17) is 9.47 Å². The highest BCUT2D eigenvalue weighted by atomic mass is 16.5. The van der Waals surface area contributed by atoms with E-state index in [1.807, 2.05) is 19.1 Å². The van der Waals surface area contributed by atoms with Gasteiger partial charge in [0.25, 0.3) is 11.8 Å². The number of ether oxygens (including phenoxy) is 2. The van der Waals surface area contributed by atoms with Crippen molar-refractivity contribution in [2.24, 2.45) is 0 Å². The second-order valence-electron chi connectivity index (χ2n) is 6.37. The van der Waals surface area contributed by atoms with E-state index in [0.717, 1.165) is 11.3 Å². The van der Waals surface area contributed by atoms with Gasteiger partial charge in [-0.3, -0.25) is 14.6 Å². The third-order valence-electron chi connectivity index (χ3n) is 4.09. The molecule has 0 saturated carbocycles. The molecule has 0 unspecified atom stereocenters. The highest BCUT2D eigenvalue weighted by Crippen LogP contribution is 2.17. The predicted molar refractivity (Wildman–Crippen MR) is 114 cm³/mol. The van der Waals surface area contributed by atoms with Gasteiger partial charge in [0, 0.05) is 24.6 Å². The fourth-order valence-corrected chi connectivity index (χ4v) is 2.69. The average Bonchev–Trinajstić information content (AvgIpc) is 2.78. The van der Waals surface area contributed by atoms with E-state index in [9.17, 15) is 9.59 Å². The van der Waals surface area contributed by atoms with Crippen LogP contribution in [0.25, 0.3) is 0 Å². The van der Waals surface area contributed by atoms with Crippen molar-refractivity contribution in [3.05, 3.63) is 84.2 Å². The maximum absolute atomic E-state index is 12.2. The van der Waals surface area contributed by atoms with Crippen LogP contribution in [0.4, 0.5) is 5.69 Å². The number of benzene rings is 2. The van der Waals surface area contributed by atoms with Gasteiger partial charge in [-0.1, -0.05) is 12.1 Å². The molecule has 2 N–H and O–H groups in total. The minimum Gasteiger partial charge on any atom is -0.494 e.